The molecule has 13 heteroatoms. The van der Waals surface area contributed by atoms with Crippen LogP contribution in [0, 0.1) is 5.13 Å². The van der Waals surface area contributed by atoms with Crippen LogP contribution < -0.4 is 5.32 Å². The molecule has 10 nitrogen and oxygen atoms in total. The van der Waals surface area contributed by atoms with Crippen LogP contribution in [-0.4, -0.2) is 72.9 Å². The summed E-state index contributed by atoms with van der Waals surface area (Å²) >= 11 is 0.661. The first-order valence-corrected chi connectivity index (χ1v) is 12.1. The number of amides is 1. The normalized spacial score (nSPS) is 22.2. The zero-order valence-corrected chi connectivity index (χ0v) is 18.4. The third-order valence-corrected chi connectivity index (χ3v) is 7.57. The van der Waals surface area contributed by atoms with Gasteiger partial charge in [-0.2, -0.15) is 8.70 Å². The molecule has 0 unspecified atom stereocenters. The number of hydrogen-bond acceptors (Lipinski definition) is 9. The first-order chi connectivity index (χ1) is 15.3. The number of aliphatic hydroxyl groups excluding tert-OH is 1. The fraction of sp³-hybridized carbons (Fsp3) is 0.421. The highest BCUT2D eigenvalue weighted by molar-refractivity contribution is 7.89. The van der Waals surface area contributed by atoms with Gasteiger partial charge in [-0.3, -0.25) is 10.1 Å². The van der Waals surface area contributed by atoms with Gasteiger partial charge in [0.2, 0.25) is 10.0 Å². The largest absolute Gasteiger partial charge is 0.392 e. The minimum Gasteiger partial charge on any atom is -0.392 e. The number of sulfonamides is 1. The fourth-order valence-electron chi connectivity index (χ4n) is 3.28. The number of anilines is 1. The molecule has 2 aliphatic heterocycles. The van der Waals surface area contributed by atoms with Gasteiger partial charge in [0, 0.05) is 25.1 Å². The van der Waals surface area contributed by atoms with E-state index in [1.807, 2.05) is 0 Å². The highest BCUT2D eigenvalue weighted by Crippen LogP contribution is 2.22. The molecule has 1 aromatic heterocycles. The SMILES string of the molecule is O=C(Nc1ncc(F)s1)/C(=N/O[C@@H]1CCOC1)c1ccc(S(=O)(=O)N2CC[C@@H](O)C2)cc1. The van der Waals surface area contributed by atoms with Crippen molar-refractivity contribution in [3.8, 4) is 0 Å². The summed E-state index contributed by atoms with van der Waals surface area (Å²) < 4.78 is 45.2. The van der Waals surface area contributed by atoms with E-state index in [1.165, 1.54) is 28.6 Å². The molecule has 2 atom stereocenters. The number of thiazole rings is 1. The summed E-state index contributed by atoms with van der Waals surface area (Å²) in [6.45, 7) is 1.15. The Balaban J connectivity index is 1.57. The van der Waals surface area contributed by atoms with Crippen molar-refractivity contribution in [2.24, 2.45) is 5.16 Å². The summed E-state index contributed by atoms with van der Waals surface area (Å²) in [6.07, 6.45) is 0.997. The molecule has 2 aliphatic rings. The summed E-state index contributed by atoms with van der Waals surface area (Å²) in [5.41, 5.74) is 0.187. The third kappa shape index (κ3) is 5.13. The second kappa shape index (κ2) is 9.58. The Hall–Kier alpha value is -2.45. The molecule has 0 radical (unpaired) electrons. The van der Waals surface area contributed by atoms with E-state index in [2.05, 4.69) is 15.5 Å². The van der Waals surface area contributed by atoms with Gasteiger partial charge in [0.05, 0.1) is 30.4 Å². The van der Waals surface area contributed by atoms with Gasteiger partial charge >= 0.3 is 0 Å². The second-order valence-electron chi connectivity index (χ2n) is 7.28. The first-order valence-electron chi connectivity index (χ1n) is 9.86. The number of carbonyl (C=O) groups excluding carboxylic acids is 1. The molecule has 4 rings (SSSR count). The molecule has 2 fully saturated rings. The minimum atomic E-state index is -3.77. The van der Waals surface area contributed by atoms with Gasteiger partial charge in [0.1, 0.15) is 0 Å². The van der Waals surface area contributed by atoms with E-state index in [1.54, 1.807) is 0 Å². The highest BCUT2D eigenvalue weighted by atomic mass is 32.2. The average molecular weight is 485 g/mol. The van der Waals surface area contributed by atoms with Gasteiger partial charge < -0.3 is 14.7 Å². The fourth-order valence-corrected chi connectivity index (χ4v) is 5.31. The predicted molar refractivity (Wildman–Crippen MR) is 113 cm³/mol. The van der Waals surface area contributed by atoms with Crippen molar-refractivity contribution in [3.63, 3.8) is 0 Å². The molecular weight excluding hydrogens is 463 g/mol. The molecule has 3 heterocycles. The number of nitrogens with one attached hydrogen (secondary N) is 1. The molecule has 0 aliphatic carbocycles. The lowest BCUT2D eigenvalue weighted by molar-refractivity contribution is -0.110. The van der Waals surface area contributed by atoms with Gasteiger partial charge in [0.15, 0.2) is 22.1 Å². The standard InChI is InChI=1S/C19H21FN4O6S2/c20-16-9-21-19(31-16)22-18(26)17(23-30-14-6-8-29-11-14)12-1-3-15(4-2-12)32(27,28)24-7-5-13(25)10-24/h1-4,9,13-14,25H,5-8,10-11H2,(H,21,22,26)/b23-17+/t13-,14-/m1/s1. The van der Waals surface area contributed by atoms with Gasteiger partial charge in [-0.1, -0.05) is 28.6 Å². The van der Waals surface area contributed by atoms with Crippen molar-refractivity contribution in [1.82, 2.24) is 9.29 Å². The molecule has 32 heavy (non-hydrogen) atoms. The van der Waals surface area contributed by atoms with Crippen LogP contribution >= 0.6 is 11.3 Å². The summed E-state index contributed by atoms with van der Waals surface area (Å²) in [5.74, 6) is -0.684. The maximum absolute atomic E-state index is 13.2. The summed E-state index contributed by atoms with van der Waals surface area (Å²) in [5, 5.41) is 15.6. The number of ether oxygens (including phenoxy) is 1. The number of oxime groups is 1. The minimum absolute atomic E-state index is 0.0298. The first kappa shape index (κ1) is 22.7. The summed E-state index contributed by atoms with van der Waals surface area (Å²) in [6, 6.07) is 5.60. The number of halogens is 1. The molecule has 2 saturated heterocycles. The molecule has 0 bridgehead atoms. The van der Waals surface area contributed by atoms with Crippen molar-refractivity contribution in [2.75, 3.05) is 31.6 Å². The number of hydrogen-bond donors (Lipinski definition) is 2. The maximum Gasteiger partial charge on any atom is 0.280 e. The molecule has 0 saturated carbocycles. The van der Waals surface area contributed by atoms with Crippen molar-refractivity contribution < 1.29 is 32.3 Å². The predicted octanol–water partition coefficient (Wildman–Crippen LogP) is 1.19. The van der Waals surface area contributed by atoms with Gasteiger partial charge in [0.25, 0.3) is 5.91 Å². The Bertz CT molecular complexity index is 1100. The van der Waals surface area contributed by atoms with E-state index < -0.39 is 27.2 Å². The van der Waals surface area contributed by atoms with Crippen LogP contribution in [0.5, 0.6) is 0 Å². The molecular formula is C19H21FN4O6S2. The number of nitrogens with zero attached hydrogens (tertiary/aromatic N) is 3. The van der Waals surface area contributed by atoms with E-state index in [0.717, 1.165) is 6.20 Å². The highest BCUT2D eigenvalue weighted by Gasteiger charge is 2.31. The smallest absolute Gasteiger partial charge is 0.280 e. The zero-order chi connectivity index (χ0) is 22.7. The Morgan fingerprint density at radius 3 is 2.72 bits per heavy atom. The molecule has 172 valence electrons. The number of benzene rings is 1. The summed E-state index contributed by atoms with van der Waals surface area (Å²) in [4.78, 5) is 22.0. The molecule has 2 N–H and O–H groups in total. The van der Waals surface area contributed by atoms with Gasteiger partial charge in [-0.05, 0) is 18.6 Å². The number of aromatic nitrogens is 1. The number of β-amino-alcohol motifs (C(OH)–C–C–N with tert-alkyl or cyclic N) is 1. The van der Waals surface area contributed by atoms with Crippen LogP contribution in [0.1, 0.15) is 18.4 Å². The van der Waals surface area contributed by atoms with Crippen LogP contribution in [0.2, 0.25) is 0 Å². The molecule has 0 spiro atoms. The van der Waals surface area contributed by atoms with E-state index in [-0.39, 0.29) is 34.9 Å². The van der Waals surface area contributed by atoms with Crippen LogP contribution in [0.25, 0.3) is 0 Å². The van der Waals surface area contributed by atoms with Crippen LogP contribution in [0.15, 0.2) is 40.5 Å². The Morgan fingerprint density at radius 2 is 2.12 bits per heavy atom. The molecule has 1 amide bonds. The number of aliphatic hydroxyl groups is 1. The van der Waals surface area contributed by atoms with E-state index >= 15 is 0 Å². The Morgan fingerprint density at radius 1 is 1.34 bits per heavy atom. The average Bonchev–Trinajstić information content (AvgIpc) is 3.52. The van der Waals surface area contributed by atoms with Crippen LogP contribution in [0.4, 0.5) is 9.52 Å². The second-order valence-corrected chi connectivity index (χ2v) is 10.2. The van der Waals surface area contributed by atoms with Crippen molar-refractivity contribution in [1.29, 1.82) is 0 Å². The maximum atomic E-state index is 13.2. The van der Waals surface area contributed by atoms with Crippen molar-refractivity contribution in [3.05, 3.63) is 41.2 Å². The lowest BCUT2D eigenvalue weighted by Crippen LogP contribution is -2.30. The zero-order valence-electron chi connectivity index (χ0n) is 16.8. The lowest BCUT2D eigenvalue weighted by atomic mass is 10.1. The Kier molecular flexibility index (Phi) is 6.81. The molecule has 2 aromatic rings. The van der Waals surface area contributed by atoms with Crippen molar-refractivity contribution in [2.45, 2.75) is 29.9 Å². The van der Waals surface area contributed by atoms with E-state index in [0.29, 0.717) is 43.0 Å². The molecule has 1 aromatic carbocycles. The lowest BCUT2D eigenvalue weighted by Gasteiger charge is -2.16. The third-order valence-electron chi connectivity index (χ3n) is 4.99. The summed E-state index contributed by atoms with van der Waals surface area (Å²) in [7, 11) is -3.77. The van der Waals surface area contributed by atoms with E-state index in [4.69, 9.17) is 9.57 Å². The monoisotopic (exact) mass is 484 g/mol. The van der Waals surface area contributed by atoms with Gasteiger partial charge in [-0.15, -0.1) is 0 Å². The quantitative estimate of drug-likeness (QED) is 0.446. The topological polar surface area (TPSA) is 130 Å². The Labute approximate surface area is 187 Å². The van der Waals surface area contributed by atoms with Gasteiger partial charge in [-0.25, -0.2) is 13.4 Å². The number of rotatable bonds is 7. The van der Waals surface area contributed by atoms with E-state index in [9.17, 15) is 22.7 Å². The van der Waals surface area contributed by atoms with Crippen molar-refractivity contribution >= 4 is 38.1 Å². The number of carbonyl (C=O) groups is 1. The van der Waals surface area contributed by atoms with Crippen LogP contribution in [0.3, 0.4) is 0 Å². The van der Waals surface area contributed by atoms with Crippen LogP contribution in [-0.2, 0) is 24.4 Å².